The van der Waals surface area contributed by atoms with Crippen LogP contribution in [0, 0.1) is 0 Å². The van der Waals surface area contributed by atoms with Crippen LogP contribution in [0.1, 0.15) is 94.7 Å². The van der Waals surface area contributed by atoms with Gasteiger partial charge >= 0.3 is 6.03 Å². The van der Waals surface area contributed by atoms with Gasteiger partial charge in [-0.2, -0.15) is 18.6 Å². The molecule has 5 heterocycles. The zero-order valence-corrected chi connectivity index (χ0v) is 31.0. The SMILES string of the molecule is CC(C)c1cc(NC(=O)N[C@H]2CCC(Oc3ccc4nnc(N5[C@H](C)CCC[C@@H]5C)n4c3)c3ccccc32)n(-c2cnn(CCOS(C)(=O)=O)c2)n1. The Morgan fingerprint density at radius 3 is 2.52 bits per heavy atom. The van der Waals surface area contributed by atoms with E-state index in [0.29, 0.717) is 36.4 Å². The number of aromatic nitrogens is 7. The van der Waals surface area contributed by atoms with Crippen LogP contribution in [0.3, 0.4) is 0 Å². The smallest absolute Gasteiger partial charge is 0.320 e. The van der Waals surface area contributed by atoms with E-state index in [1.165, 1.54) is 6.42 Å². The fraction of sp³-hybridized carbons (Fsp3) is 0.472. The Morgan fingerprint density at radius 1 is 1.00 bits per heavy atom. The van der Waals surface area contributed by atoms with E-state index >= 15 is 0 Å². The first kappa shape index (κ1) is 35.4. The number of urea groups is 1. The Labute approximate surface area is 303 Å². The van der Waals surface area contributed by atoms with Crippen LogP contribution in [0.2, 0.25) is 0 Å². The fourth-order valence-electron chi connectivity index (χ4n) is 7.25. The number of benzene rings is 1. The lowest BCUT2D eigenvalue weighted by Crippen LogP contribution is -2.44. The van der Waals surface area contributed by atoms with Crippen molar-refractivity contribution >= 4 is 33.6 Å². The molecule has 2 amide bonds. The molecule has 52 heavy (non-hydrogen) atoms. The number of carbonyl (C=O) groups excluding carboxylic acids is 1. The number of nitrogens with one attached hydrogen (secondary N) is 2. The number of nitrogens with zero attached hydrogens (tertiary/aromatic N) is 8. The minimum atomic E-state index is -3.55. The summed E-state index contributed by atoms with van der Waals surface area (Å²) >= 11 is 0. The van der Waals surface area contributed by atoms with Crippen molar-refractivity contribution in [2.45, 2.75) is 96.5 Å². The summed E-state index contributed by atoms with van der Waals surface area (Å²) in [5.74, 6) is 2.17. The van der Waals surface area contributed by atoms with Gasteiger partial charge in [0.1, 0.15) is 23.4 Å². The average molecular weight is 731 g/mol. The second-order valence-corrected chi connectivity index (χ2v) is 15.7. The van der Waals surface area contributed by atoms with E-state index in [1.54, 1.807) is 21.8 Å². The molecule has 1 aliphatic heterocycles. The number of rotatable bonds is 11. The minimum absolute atomic E-state index is 0.0474. The molecular weight excluding hydrogens is 685 g/mol. The van der Waals surface area contributed by atoms with Gasteiger partial charge < -0.3 is 15.0 Å². The van der Waals surface area contributed by atoms with Crippen molar-refractivity contribution in [1.82, 2.24) is 39.5 Å². The van der Waals surface area contributed by atoms with Crippen molar-refractivity contribution in [1.29, 1.82) is 0 Å². The van der Waals surface area contributed by atoms with Gasteiger partial charge in [-0.15, -0.1) is 10.2 Å². The first-order chi connectivity index (χ1) is 24.9. The van der Waals surface area contributed by atoms with Crippen molar-refractivity contribution in [3.8, 4) is 11.4 Å². The quantitative estimate of drug-likeness (QED) is 0.160. The molecule has 16 heteroatoms. The fourth-order valence-corrected chi connectivity index (χ4v) is 7.63. The van der Waals surface area contributed by atoms with Crippen LogP contribution in [0.25, 0.3) is 11.3 Å². The summed E-state index contributed by atoms with van der Waals surface area (Å²) < 4.78 is 39.4. The van der Waals surface area contributed by atoms with Gasteiger partial charge in [0.15, 0.2) is 5.65 Å². The first-order valence-corrected chi connectivity index (χ1v) is 19.7. The number of hydrogen-bond acceptors (Lipinski definition) is 10. The Hall–Kier alpha value is -4.96. The maximum atomic E-state index is 13.6. The lowest BCUT2D eigenvalue weighted by molar-refractivity contribution is 0.171. The summed E-state index contributed by atoms with van der Waals surface area (Å²) in [6.45, 7) is 8.73. The van der Waals surface area contributed by atoms with Crippen LogP contribution >= 0.6 is 0 Å². The summed E-state index contributed by atoms with van der Waals surface area (Å²) in [6.07, 6.45) is 11.0. The van der Waals surface area contributed by atoms with E-state index in [-0.39, 0.29) is 37.2 Å². The van der Waals surface area contributed by atoms with Gasteiger partial charge in [0.05, 0.1) is 49.7 Å². The van der Waals surface area contributed by atoms with E-state index < -0.39 is 10.1 Å². The van der Waals surface area contributed by atoms with Gasteiger partial charge in [-0.1, -0.05) is 38.1 Å². The summed E-state index contributed by atoms with van der Waals surface area (Å²) in [5.41, 5.74) is 4.22. The highest BCUT2D eigenvalue weighted by atomic mass is 32.2. The molecule has 1 unspecified atom stereocenters. The standard InChI is InChI=1S/C36H46N10O5S/c1-23(2)31-19-34(46(42-31)26-20-37-43(21-26)17-18-50-52(5,48)49)39-35(47)38-30-14-15-32(29-12-7-6-11-28(29)30)51-27-13-16-33-40-41-36(44(33)22-27)45-24(3)9-8-10-25(45)4/h6-7,11-13,16,19-25,30,32H,8-10,14-15,17-18H2,1-5H3,(H2,38,39,47)/t24-,25+,30-,32?/m0/s1. The highest BCUT2D eigenvalue weighted by Crippen LogP contribution is 2.39. The molecule has 0 spiro atoms. The van der Waals surface area contributed by atoms with Gasteiger partial charge in [0.2, 0.25) is 5.95 Å². The highest BCUT2D eigenvalue weighted by Gasteiger charge is 2.31. The average Bonchev–Trinajstić information content (AvgIpc) is 3.84. The molecule has 0 bridgehead atoms. The maximum Gasteiger partial charge on any atom is 0.320 e. The summed E-state index contributed by atoms with van der Waals surface area (Å²) in [5, 5.41) is 24.2. The molecule has 1 saturated heterocycles. The monoisotopic (exact) mass is 730 g/mol. The van der Waals surface area contributed by atoms with Gasteiger partial charge in [-0.3, -0.25) is 18.6 Å². The van der Waals surface area contributed by atoms with Crippen molar-refractivity contribution in [2.24, 2.45) is 0 Å². The van der Waals surface area contributed by atoms with Crippen LogP contribution in [-0.2, 0) is 20.8 Å². The topological polar surface area (TPSA) is 163 Å². The lowest BCUT2D eigenvalue weighted by Gasteiger charge is -2.39. The van der Waals surface area contributed by atoms with Crippen molar-refractivity contribution in [3.05, 3.63) is 77.9 Å². The van der Waals surface area contributed by atoms with E-state index in [4.69, 9.17) is 14.0 Å². The number of carbonyl (C=O) groups is 1. The molecule has 1 aliphatic carbocycles. The zero-order valence-electron chi connectivity index (χ0n) is 30.1. The molecule has 7 rings (SSSR count). The van der Waals surface area contributed by atoms with E-state index in [2.05, 4.69) is 50.7 Å². The summed E-state index contributed by atoms with van der Waals surface area (Å²) in [4.78, 5) is 15.9. The molecule has 4 atom stereocenters. The number of ether oxygens (including phenoxy) is 1. The molecule has 15 nitrogen and oxygen atoms in total. The van der Waals surface area contributed by atoms with Crippen LogP contribution in [-0.4, -0.2) is 73.6 Å². The first-order valence-electron chi connectivity index (χ1n) is 17.9. The molecule has 5 aromatic rings. The predicted molar refractivity (Wildman–Crippen MR) is 196 cm³/mol. The minimum Gasteiger partial charge on any atom is -0.484 e. The number of hydrogen-bond donors (Lipinski definition) is 2. The lowest BCUT2D eigenvalue weighted by atomic mass is 9.85. The Bertz CT molecular complexity index is 2150. The molecule has 276 valence electrons. The maximum absolute atomic E-state index is 13.6. The van der Waals surface area contributed by atoms with E-state index in [0.717, 1.165) is 53.3 Å². The summed E-state index contributed by atoms with van der Waals surface area (Å²) in [7, 11) is -3.55. The molecule has 1 aromatic carbocycles. The summed E-state index contributed by atoms with van der Waals surface area (Å²) in [6, 6.07) is 14.0. The molecule has 2 aliphatic rings. The Balaban J connectivity index is 1.05. The van der Waals surface area contributed by atoms with Crippen molar-refractivity contribution in [3.63, 3.8) is 0 Å². The van der Waals surface area contributed by atoms with Crippen LogP contribution in [0.15, 0.2) is 61.1 Å². The Morgan fingerprint density at radius 2 is 1.77 bits per heavy atom. The van der Waals surface area contributed by atoms with Gasteiger partial charge in [0, 0.05) is 18.2 Å². The number of pyridine rings is 1. The molecule has 0 saturated carbocycles. The third kappa shape index (κ3) is 7.62. The van der Waals surface area contributed by atoms with Gasteiger partial charge in [0.25, 0.3) is 10.1 Å². The predicted octanol–water partition coefficient (Wildman–Crippen LogP) is 5.76. The molecule has 0 radical (unpaired) electrons. The van der Waals surface area contributed by atoms with Crippen LogP contribution < -0.4 is 20.3 Å². The number of piperidine rings is 1. The molecule has 4 aromatic heterocycles. The van der Waals surface area contributed by atoms with Crippen LogP contribution in [0.5, 0.6) is 5.75 Å². The van der Waals surface area contributed by atoms with Gasteiger partial charge in [-0.05, 0) is 75.1 Å². The molecule has 1 fully saturated rings. The number of anilines is 2. The molecule has 2 N–H and O–H groups in total. The van der Waals surface area contributed by atoms with E-state index in [1.807, 2.05) is 60.8 Å². The highest BCUT2D eigenvalue weighted by molar-refractivity contribution is 7.85. The number of amides is 2. The van der Waals surface area contributed by atoms with E-state index in [9.17, 15) is 13.2 Å². The Kier molecular flexibility index (Phi) is 9.94. The van der Waals surface area contributed by atoms with Crippen LogP contribution in [0.4, 0.5) is 16.6 Å². The molecular formula is C36H46N10O5S. The number of fused-ring (bicyclic) bond motifs is 2. The second kappa shape index (κ2) is 14.6. The van der Waals surface area contributed by atoms with Crippen molar-refractivity contribution in [2.75, 3.05) is 23.1 Å². The normalized spacial score (nSPS) is 20.6. The second-order valence-electron chi connectivity index (χ2n) is 14.1. The largest absolute Gasteiger partial charge is 0.484 e. The third-order valence-corrected chi connectivity index (χ3v) is 10.4. The van der Waals surface area contributed by atoms with Gasteiger partial charge in [-0.25, -0.2) is 9.48 Å². The van der Waals surface area contributed by atoms with Crippen molar-refractivity contribution < 1.29 is 22.1 Å². The zero-order chi connectivity index (χ0) is 36.6. The third-order valence-electron chi connectivity index (χ3n) is 9.84.